The normalized spacial score (nSPS) is 30.1. The number of thioether (sulfide) groups is 2. The number of nitrogen functional groups attached to an aromatic ring is 1. The Bertz CT molecular complexity index is 400. The van der Waals surface area contributed by atoms with Crippen LogP contribution in [0.2, 0.25) is 0 Å². The Balaban J connectivity index is 2.17. The number of rotatable bonds is 3. The lowest BCUT2D eigenvalue weighted by atomic mass is 10.1. The summed E-state index contributed by atoms with van der Waals surface area (Å²) in [5.74, 6) is 1.81. The first-order valence-electron chi connectivity index (χ1n) is 6.28. The van der Waals surface area contributed by atoms with Crippen LogP contribution in [-0.4, -0.2) is 33.5 Å². The summed E-state index contributed by atoms with van der Waals surface area (Å²) in [5, 5.41) is 5.38. The van der Waals surface area contributed by atoms with Crippen LogP contribution in [0.4, 0.5) is 5.82 Å². The molecule has 1 aromatic rings. The molecule has 3 nitrogen and oxygen atoms in total. The van der Waals surface area contributed by atoms with Crippen molar-refractivity contribution in [2.24, 2.45) is 0 Å². The van der Waals surface area contributed by atoms with Gasteiger partial charge in [0.1, 0.15) is 5.82 Å². The maximum absolute atomic E-state index is 6.00. The molecule has 0 amide bonds. The molecular formula is C13H21N3S2. The van der Waals surface area contributed by atoms with E-state index >= 15 is 0 Å². The summed E-state index contributed by atoms with van der Waals surface area (Å²) in [6, 6.07) is 4.33. The molecule has 1 saturated heterocycles. The fourth-order valence-electron chi connectivity index (χ4n) is 2.22. The van der Waals surface area contributed by atoms with Gasteiger partial charge in [-0.3, -0.25) is 0 Å². The van der Waals surface area contributed by atoms with Crippen molar-refractivity contribution in [2.45, 2.75) is 35.6 Å². The summed E-state index contributed by atoms with van der Waals surface area (Å²) in [6.07, 6.45) is 1.75. The molecule has 4 unspecified atom stereocenters. The van der Waals surface area contributed by atoms with Crippen LogP contribution in [0.1, 0.15) is 25.5 Å². The lowest BCUT2D eigenvalue weighted by Crippen LogP contribution is -2.36. The molecule has 2 heterocycles. The lowest BCUT2D eigenvalue weighted by Gasteiger charge is -2.36. The zero-order valence-electron chi connectivity index (χ0n) is 11.1. The van der Waals surface area contributed by atoms with Crippen LogP contribution in [0.15, 0.2) is 18.3 Å². The first kappa shape index (κ1) is 14.0. The van der Waals surface area contributed by atoms with Gasteiger partial charge >= 0.3 is 0 Å². The van der Waals surface area contributed by atoms with E-state index in [0.29, 0.717) is 16.3 Å². The molecule has 1 aliphatic heterocycles. The minimum absolute atomic E-state index is 0.283. The van der Waals surface area contributed by atoms with Gasteiger partial charge in [-0.05, 0) is 13.1 Å². The summed E-state index contributed by atoms with van der Waals surface area (Å²) in [4.78, 5) is 4.20. The van der Waals surface area contributed by atoms with Gasteiger partial charge in [0, 0.05) is 39.3 Å². The summed E-state index contributed by atoms with van der Waals surface area (Å²) < 4.78 is 0. The molecular weight excluding hydrogens is 262 g/mol. The largest absolute Gasteiger partial charge is 0.383 e. The molecule has 1 aliphatic rings. The molecule has 3 N–H and O–H groups in total. The number of nitrogens with two attached hydrogens (primary N) is 1. The summed E-state index contributed by atoms with van der Waals surface area (Å²) in [7, 11) is 2.00. The second-order valence-electron chi connectivity index (χ2n) is 4.66. The SMILES string of the molecule is CNC(c1cccnc1N)C1CSC(C)C(C)S1. The van der Waals surface area contributed by atoms with Gasteiger partial charge in [-0.2, -0.15) is 23.5 Å². The van der Waals surface area contributed by atoms with Gasteiger partial charge in [-0.15, -0.1) is 0 Å². The first-order valence-corrected chi connectivity index (χ1v) is 8.27. The number of nitrogens with one attached hydrogen (secondary N) is 1. The smallest absolute Gasteiger partial charge is 0.128 e. The van der Waals surface area contributed by atoms with E-state index in [1.807, 2.05) is 13.1 Å². The topological polar surface area (TPSA) is 50.9 Å². The molecule has 0 aliphatic carbocycles. The van der Waals surface area contributed by atoms with Crippen LogP contribution >= 0.6 is 23.5 Å². The van der Waals surface area contributed by atoms with Gasteiger partial charge in [0.15, 0.2) is 0 Å². The monoisotopic (exact) mass is 283 g/mol. The zero-order chi connectivity index (χ0) is 13.1. The summed E-state index contributed by atoms with van der Waals surface area (Å²) >= 11 is 4.12. The predicted molar refractivity (Wildman–Crippen MR) is 83.2 cm³/mol. The number of hydrogen-bond acceptors (Lipinski definition) is 5. The highest BCUT2D eigenvalue weighted by Gasteiger charge is 2.32. The molecule has 0 radical (unpaired) electrons. The minimum atomic E-state index is 0.283. The fraction of sp³-hybridized carbons (Fsp3) is 0.615. The van der Waals surface area contributed by atoms with Crippen molar-refractivity contribution in [3.63, 3.8) is 0 Å². The van der Waals surface area contributed by atoms with Gasteiger partial charge in [-0.25, -0.2) is 4.98 Å². The Hall–Kier alpha value is -0.390. The molecule has 0 aromatic carbocycles. The maximum atomic E-state index is 6.00. The van der Waals surface area contributed by atoms with E-state index in [1.54, 1.807) is 6.20 Å². The van der Waals surface area contributed by atoms with Gasteiger partial charge in [0.05, 0.1) is 0 Å². The van der Waals surface area contributed by atoms with E-state index in [2.05, 4.69) is 53.7 Å². The molecule has 5 heteroatoms. The Morgan fingerprint density at radius 3 is 2.83 bits per heavy atom. The molecule has 100 valence electrons. The average Bonchev–Trinajstić information content (AvgIpc) is 2.37. The highest BCUT2D eigenvalue weighted by molar-refractivity contribution is 8.07. The van der Waals surface area contributed by atoms with Crippen molar-refractivity contribution in [3.8, 4) is 0 Å². The second-order valence-corrected chi connectivity index (χ2v) is 7.69. The molecule has 0 saturated carbocycles. The van der Waals surface area contributed by atoms with Crippen LogP contribution in [-0.2, 0) is 0 Å². The van der Waals surface area contributed by atoms with E-state index in [4.69, 9.17) is 5.73 Å². The van der Waals surface area contributed by atoms with Crippen molar-refractivity contribution in [1.82, 2.24) is 10.3 Å². The zero-order valence-corrected chi connectivity index (χ0v) is 12.7. The Morgan fingerprint density at radius 2 is 2.22 bits per heavy atom. The van der Waals surface area contributed by atoms with Crippen molar-refractivity contribution in [2.75, 3.05) is 18.5 Å². The first-order chi connectivity index (χ1) is 8.63. The Kier molecular flexibility index (Phi) is 4.81. The maximum Gasteiger partial charge on any atom is 0.128 e. The Morgan fingerprint density at radius 1 is 1.44 bits per heavy atom. The van der Waals surface area contributed by atoms with Crippen molar-refractivity contribution in [1.29, 1.82) is 0 Å². The predicted octanol–water partition coefficient (Wildman–Crippen LogP) is 2.55. The quantitative estimate of drug-likeness (QED) is 0.893. The van der Waals surface area contributed by atoms with Crippen LogP contribution in [0, 0.1) is 0 Å². The van der Waals surface area contributed by atoms with Crippen molar-refractivity contribution < 1.29 is 0 Å². The fourth-order valence-corrected chi connectivity index (χ4v) is 5.36. The standard InChI is InChI=1S/C13H21N3S2/c1-8-9(2)18-11(7-17-8)12(15-3)10-5-4-6-16-13(10)14/h4-6,8-9,11-12,15H,7H2,1-3H3,(H2,14,16). The highest BCUT2D eigenvalue weighted by Crippen LogP contribution is 2.41. The number of pyridine rings is 1. The van der Waals surface area contributed by atoms with Crippen LogP contribution < -0.4 is 11.1 Å². The molecule has 0 bridgehead atoms. The van der Waals surface area contributed by atoms with Gasteiger partial charge < -0.3 is 11.1 Å². The van der Waals surface area contributed by atoms with Gasteiger partial charge in [-0.1, -0.05) is 19.9 Å². The number of hydrogen-bond donors (Lipinski definition) is 2. The van der Waals surface area contributed by atoms with Crippen LogP contribution in [0.25, 0.3) is 0 Å². The summed E-state index contributed by atoms with van der Waals surface area (Å²) in [6.45, 7) is 4.62. The molecule has 18 heavy (non-hydrogen) atoms. The van der Waals surface area contributed by atoms with Crippen LogP contribution in [0.5, 0.6) is 0 Å². The molecule has 1 fully saturated rings. The third kappa shape index (κ3) is 2.95. The lowest BCUT2D eigenvalue weighted by molar-refractivity contribution is 0.588. The minimum Gasteiger partial charge on any atom is -0.383 e. The van der Waals surface area contributed by atoms with Crippen molar-refractivity contribution >= 4 is 29.3 Å². The third-order valence-corrected chi connectivity index (χ3v) is 6.96. The molecule has 1 aromatic heterocycles. The third-order valence-electron chi connectivity index (χ3n) is 3.46. The van der Waals surface area contributed by atoms with Gasteiger partial charge in [0.25, 0.3) is 0 Å². The average molecular weight is 283 g/mol. The highest BCUT2D eigenvalue weighted by atomic mass is 32.2. The van der Waals surface area contributed by atoms with E-state index in [1.165, 1.54) is 0 Å². The van der Waals surface area contributed by atoms with E-state index in [9.17, 15) is 0 Å². The molecule has 2 rings (SSSR count). The number of aromatic nitrogens is 1. The number of anilines is 1. The van der Waals surface area contributed by atoms with Gasteiger partial charge in [0.2, 0.25) is 0 Å². The number of nitrogens with zero attached hydrogens (tertiary/aromatic N) is 1. The molecule has 4 atom stereocenters. The van der Waals surface area contributed by atoms with Crippen molar-refractivity contribution in [3.05, 3.63) is 23.9 Å². The van der Waals surface area contributed by atoms with E-state index < -0.39 is 0 Å². The summed E-state index contributed by atoms with van der Waals surface area (Å²) in [5.41, 5.74) is 7.12. The van der Waals surface area contributed by atoms with Crippen LogP contribution in [0.3, 0.4) is 0 Å². The van der Waals surface area contributed by atoms with E-state index in [0.717, 1.165) is 16.6 Å². The molecule has 0 spiro atoms. The second kappa shape index (κ2) is 6.17. The Labute approximate surface area is 118 Å². The van der Waals surface area contributed by atoms with E-state index in [-0.39, 0.29) is 6.04 Å².